The van der Waals surface area contributed by atoms with Crippen LogP contribution in [0.5, 0.6) is 0 Å². The second kappa shape index (κ2) is 5.61. The number of thiocarbonyl (C=S) groups is 1. The average molecular weight is 269 g/mol. The molecule has 0 bridgehead atoms. The van der Waals surface area contributed by atoms with Crippen molar-refractivity contribution in [3.05, 3.63) is 71.8 Å². The zero-order valence-corrected chi connectivity index (χ0v) is 11.3. The second-order valence-electron chi connectivity index (χ2n) is 4.57. The standard InChI is InChI=1S/C16H15NOS/c19-15(12-7-3-1-4-8-12)14-11-18-16(17-14)13-9-5-2-6-10-13/h1-10,14,16-17H,11H2. The van der Waals surface area contributed by atoms with Crippen molar-refractivity contribution in [2.45, 2.75) is 12.3 Å². The fourth-order valence-electron chi connectivity index (χ4n) is 2.25. The topological polar surface area (TPSA) is 21.3 Å². The lowest BCUT2D eigenvalue weighted by Gasteiger charge is -2.13. The summed E-state index contributed by atoms with van der Waals surface area (Å²) >= 11 is 5.54. The Morgan fingerprint density at radius 2 is 1.63 bits per heavy atom. The summed E-state index contributed by atoms with van der Waals surface area (Å²) in [5, 5.41) is 3.44. The van der Waals surface area contributed by atoms with E-state index in [-0.39, 0.29) is 12.3 Å². The Hall–Kier alpha value is -1.55. The fourth-order valence-corrected chi connectivity index (χ4v) is 2.52. The van der Waals surface area contributed by atoms with Crippen molar-refractivity contribution in [3.8, 4) is 0 Å². The van der Waals surface area contributed by atoms with Crippen LogP contribution in [0.1, 0.15) is 17.4 Å². The number of ether oxygens (including phenoxy) is 1. The molecule has 2 atom stereocenters. The van der Waals surface area contributed by atoms with Crippen molar-refractivity contribution in [2.75, 3.05) is 6.61 Å². The Morgan fingerprint density at radius 1 is 1.00 bits per heavy atom. The van der Waals surface area contributed by atoms with Gasteiger partial charge in [-0.1, -0.05) is 72.9 Å². The summed E-state index contributed by atoms with van der Waals surface area (Å²) in [5.41, 5.74) is 2.23. The summed E-state index contributed by atoms with van der Waals surface area (Å²) in [6, 6.07) is 20.4. The van der Waals surface area contributed by atoms with Gasteiger partial charge in [-0.25, -0.2) is 0 Å². The van der Waals surface area contributed by atoms with Crippen LogP contribution in [0, 0.1) is 0 Å². The third kappa shape index (κ3) is 2.73. The molecule has 3 rings (SSSR count). The molecule has 2 aromatic rings. The first-order valence-electron chi connectivity index (χ1n) is 6.36. The lowest BCUT2D eigenvalue weighted by Crippen LogP contribution is -2.33. The van der Waals surface area contributed by atoms with Crippen LogP contribution < -0.4 is 5.32 Å². The van der Waals surface area contributed by atoms with Crippen LogP contribution >= 0.6 is 12.2 Å². The van der Waals surface area contributed by atoms with Gasteiger partial charge in [0.25, 0.3) is 0 Å². The highest BCUT2D eigenvalue weighted by atomic mass is 32.1. The predicted octanol–water partition coefficient (Wildman–Crippen LogP) is 3.09. The van der Waals surface area contributed by atoms with E-state index in [4.69, 9.17) is 17.0 Å². The molecule has 1 saturated heterocycles. The van der Waals surface area contributed by atoms with Crippen LogP contribution in [0.2, 0.25) is 0 Å². The molecule has 1 heterocycles. The third-order valence-electron chi connectivity index (χ3n) is 3.26. The highest BCUT2D eigenvalue weighted by Crippen LogP contribution is 2.22. The molecule has 2 aromatic carbocycles. The largest absolute Gasteiger partial charge is 0.357 e. The number of nitrogens with one attached hydrogen (secondary N) is 1. The number of rotatable bonds is 3. The monoisotopic (exact) mass is 269 g/mol. The lowest BCUT2D eigenvalue weighted by molar-refractivity contribution is 0.101. The van der Waals surface area contributed by atoms with E-state index in [0.717, 1.165) is 16.0 Å². The summed E-state index contributed by atoms with van der Waals surface area (Å²) in [6.45, 7) is 0.618. The molecule has 96 valence electrons. The molecule has 0 saturated carbocycles. The van der Waals surface area contributed by atoms with Crippen molar-refractivity contribution in [1.82, 2.24) is 5.32 Å². The highest BCUT2D eigenvalue weighted by Gasteiger charge is 2.28. The van der Waals surface area contributed by atoms with Crippen molar-refractivity contribution < 1.29 is 4.74 Å². The minimum Gasteiger partial charge on any atom is -0.357 e. The Morgan fingerprint density at radius 3 is 2.32 bits per heavy atom. The SMILES string of the molecule is S=C(c1ccccc1)C1COC(c2ccccc2)N1. The molecule has 1 fully saturated rings. The van der Waals surface area contributed by atoms with E-state index < -0.39 is 0 Å². The first kappa shape index (κ1) is 12.5. The maximum Gasteiger partial charge on any atom is 0.134 e. The quantitative estimate of drug-likeness (QED) is 0.683. The predicted molar refractivity (Wildman–Crippen MR) is 80.2 cm³/mol. The summed E-state index contributed by atoms with van der Waals surface area (Å²) in [6.07, 6.45) is -0.0622. The molecule has 0 aliphatic carbocycles. The minimum atomic E-state index is -0.0622. The fraction of sp³-hybridized carbons (Fsp3) is 0.188. The summed E-state index contributed by atoms with van der Waals surface area (Å²) in [7, 11) is 0. The van der Waals surface area contributed by atoms with Gasteiger partial charge in [-0.15, -0.1) is 0 Å². The second-order valence-corrected chi connectivity index (χ2v) is 5.01. The van der Waals surface area contributed by atoms with Gasteiger partial charge < -0.3 is 4.74 Å². The average Bonchev–Trinajstić information content (AvgIpc) is 2.98. The van der Waals surface area contributed by atoms with E-state index in [0.29, 0.717) is 6.61 Å². The molecule has 2 nitrogen and oxygen atoms in total. The maximum absolute atomic E-state index is 5.80. The Bertz CT molecular complexity index is 555. The highest BCUT2D eigenvalue weighted by molar-refractivity contribution is 7.81. The molecule has 1 aliphatic heterocycles. The summed E-state index contributed by atoms with van der Waals surface area (Å²) in [4.78, 5) is 0.916. The maximum atomic E-state index is 5.80. The van der Waals surface area contributed by atoms with Gasteiger partial charge in [-0.2, -0.15) is 0 Å². The van der Waals surface area contributed by atoms with Crippen molar-refractivity contribution >= 4 is 17.1 Å². The van der Waals surface area contributed by atoms with Gasteiger partial charge >= 0.3 is 0 Å². The zero-order valence-electron chi connectivity index (χ0n) is 10.5. The van der Waals surface area contributed by atoms with Crippen LogP contribution in [0.15, 0.2) is 60.7 Å². The first-order chi connectivity index (χ1) is 9.34. The molecular weight excluding hydrogens is 254 g/mol. The van der Waals surface area contributed by atoms with E-state index in [9.17, 15) is 0 Å². The molecule has 0 radical (unpaired) electrons. The van der Waals surface area contributed by atoms with E-state index in [1.807, 2.05) is 48.5 Å². The molecule has 1 aliphatic rings. The van der Waals surface area contributed by atoms with E-state index in [1.165, 1.54) is 0 Å². The zero-order chi connectivity index (χ0) is 13.1. The van der Waals surface area contributed by atoms with Crippen molar-refractivity contribution in [2.24, 2.45) is 0 Å². The molecule has 0 spiro atoms. The van der Waals surface area contributed by atoms with Crippen LogP contribution in [-0.2, 0) is 4.74 Å². The lowest BCUT2D eigenvalue weighted by atomic mass is 10.1. The van der Waals surface area contributed by atoms with Crippen molar-refractivity contribution in [3.63, 3.8) is 0 Å². The molecule has 0 aromatic heterocycles. The number of hydrogen-bond acceptors (Lipinski definition) is 3. The summed E-state index contributed by atoms with van der Waals surface area (Å²) < 4.78 is 5.80. The first-order valence-corrected chi connectivity index (χ1v) is 6.77. The molecule has 0 amide bonds. The van der Waals surface area contributed by atoms with E-state index in [1.54, 1.807) is 0 Å². The number of benzene rings is 2. The number of hydrogen-bond donors (Lipinski definition) is 1. The molecule has 1 N–H and O–H groups in total. The Kier molecular flexibility index (Phi) is 3.69. The third-order valence-corrected chi connectivity index (χ3v) is 3.78. The van der Waals surface area contributed by atoms with Crippen LogP contribution in [0.25, 0.3) is 0 Å². The van der Waals surface area contributed by atoms with Gasteiger partial charge in [-0.05, 0) is 11.1 Å². The van der Waals surface area contributed by atoms with Gasteiger partial charge in [0.15, 0.2) is 0 Å². The Labute approximate surface area is 118 Å². The van der Waals surface area contributed by atoms with Gasteiger partial charge in [0.2, 0.25) is 0 Å². The molecule has 3 heteroatoms. The van der Waals surface area contributed by atoms with Crippen molar-refractivity contribution in [1.29, 1.82) is 0 Å². The van der Waals surface area contributed by atoms with Gasteiger partial charge in [0.1, 0.15) is 6.23 Å². The Balaban J connectivity index is 1.71. The normalized spacial score (nSPS) is 22.3. The van der Waals surface area contributed by atoms with Gasteiger partial charge in [-0.3, -0.25) is 5.32 Å². The van der Waals surface area contributed by atoms with E-state index >= 15 is 0 Å². The van der Waals surface area contributed by atoms with E-state index in [2.05, 4.69) is 17.4 Å². The van der Waals surface area contributed by atoms with Gasteiger partial charge in [0.05, 0.1) is 12.6 Å². The molecule has 2 unspecified atom stereocenters. The molecule has 19 heavy (non-hydrogen) atoms. The van der Waals surface area contributed by atoms with Crippen LogP contribution in [0.4, 0.5) is 0 Å². The smallest absolute Gasteiger partial charge is 0.134 e. The van der Waals surface area contributed by atoms with Gasteiger partial charge in [0, 0.05) is 4.86 Å². The van der Waals surface area contributed by atoms with Crippen LogP contribution in [-0.4, -0.2) is 17.5 Å². The molecular formula is C16H15NOS. The van der Waals surface area contributed by atoms with Crippen LogP contribution in [0.3, 0.4) is 0 Å². The minimum absolute atomic E-state index is 0.0622. The summed E-state index contributed by atoms with van der Waals surface area (Å²) in [5.74, 6) is 0.